The number of cyclic esters (lactones) is 1. The number of rotatable bonds is 4. The van der Waals surface area contributed by atoms with E-state index in [1.54, 1.807) is 23.1 Å². The lowest BCUT2D eigenvalue weighted by atomic mass is 10.1. The lowest BCUT2D eigenvalue weighted by Crippen LogP contribution is -2.49. The molecule has 0 unspecified atom stereocenters. The van der Waals surface area contributed by atoms with Gasteiger partial charge in [0.1, 0.15) is 12.4 Å². The quantitative estimate of drug-likeness (QED) is 0.592. The van der Waals surface area contributed by atoms with E-state index in [1.807, 2.05) is 20.0 Å². The molecule has 3 saturated heterocycles. The monoisotopic (exact) mass is 535 g/mol. The highest BCUT2D eigenvalue weighted by atomic mass is 35.5. The Morgan fingerprint density at radius 2 is 1.78 bits per heavy atom. The lowest BCUT2D eigenvalue weighted by molar-refractivity contribution is 0.0747. The van der Waals surface area contributed by atoms with E-state index in [2.05, 4.69) is 16.0 Å². The Hall–Kier alpha value is -3.05. The third-order valence-corrected chi connectivity index (χ3v) is 8.57. The number of sulfonamides is 1. The van der Waals surface area contributed by atoms with E-state index in [-0.39, 0.29) is 30.7 Å². The summed E-state index contributed by atoms with van der Waals surface area (Å²) >= 11 is 0. The number of anilines is 3. The van der Waals surface area contributed by atoms with Crippen LogP contribution in [0.1, 0.15) is 27.9 Å². The van der Waals surface area contributed by atoms with Crippen LogP contribution in [0, 0.1) is 13.8 Å². The van der Waals surface area contributed by atoms with E-state index in [9.17, 15) is 18.0 Å². The standard InChI is InChI=1S/C24H29N5O5S.ClH/c1-17-14-18(2)22(25-16-17)26-7-9-27(10-8-26)23(30)20-5-4-19(29-6-3-13-35(29,32)33)15-21(20)28-11-12-34-24(28)31;/h4-5,14-16H,3,6-13H2,1-2H3;1H. The molecule has 0 aliphatic carbocycles. The van der Waals surface area contributed by atoms with E-state index < -0.39 is 16.1 Å². The van der Waals surface area contributed by atoms with Crippen molar-refractivity contribution in [1.29, 1.82) is 0 Å². The summed E-state index contributed by atoms with van der Waals surface area (Å²) in [6.45, 7) is 7.28. The minimum atomic E-state index is -3.39. The Balaban J connectivity index is 0.00000304. The van der Waals surface area contributed by atoms with Crippen LogP contribution in [0.2, 0.25) is 0 Å². The molecule has 10 nitrogen and oxygen atoms in total. The lowest BCUT2D eigenvalue weighted by Gasteiger charge is -2.36. The van der Waals surface area contributed by atoms with Crippen molar-refractivity contribution in [2.75, 3.05) is 65.7 Å². The number of hydrogen-bond acceptors (Lipinski definition) is 7. The van der Waals surface area contributed by atoms with Gasteiger partial charge in [0.05, 0.1) is 29.2 Å². The van der Waals surface area contributed by atoms with Crippen molar-refractivity contribution in [3.63, 3.8) is 0 Å². The van der Waals surface area contributed by atoms with Gasteiger partial charge in [-0.2, -0.15) is 0 Å². The van der Waals surface area contributed by atoms with Gasteiger partial charge in [0.25, 0.3) is 5.91 Å². The Labute approximate surface area is 217 Å². The summed E-state index contributed by atoms with van der Waals surface area (Å²) in [4.78, 5) is 35.9. The molecule has 3 aliphatic heterocycles. The average molecular weight is 536 g/mol. The van der Waals surface area contributed by atoms with Gasteiger partial charge in [-0.05, 0) is 49.6 Å². The van der Waals surface area contributed by atoms with Crippen molar-refractivity contribution >= 4 is 51.6 Å². The number of aryl methyl sites for hydroxylation is 2. The fourth-order valence-corrected chi connectivity index (χ4v) is 6.51. The minimum absolute atomic E-state index is 0. The first-order valence-electron chi connectivity index (χ1n) is 11.8. The van der Waals surface area contributed by atoms with E-state index in [0.29, 0.717) is 62.6 Å². The third-order valence-electron chi connectivity index (χ3n) is 6.70. The summed E-state index contributed by atoms with van der Waals surface area (Å²) in [6, 6.07) is 7.00. The number of carbonyl (C=O) groups excluding carboxylic acids is 2. The summed E-state index contributed by atoms with van der Waals surface area (Å²) < 4.78 is 31.4. The molecular weight excluding hydrogens is 506 g/mol. The van der Waals surface area contributed by atoms with E-state index in [4.69, 9.17) is 4.74 Å². The Kier molecular flexibility index (Phi) is 7.33. The number of piperazine rings is 1. The van der Waals surface area contributed by atoms with E-state index in [1.165, 1.54) is 9.21 Å². The van der Waals surface area contributed by atoms with Crippen LogP contribution >= 0.6 is 12.4 Å². The van der Waals surface area contributed by atoms with Gasteiger partial charge in [-0.25, -0.2) is 18.2 Å². The molecule has 2 amide bonds. The molecule has 194 valence electrons. The topological polar surface area (TPSA) is 103 Å². The van der Waals surface area contributed by atoms with Gasteiger partial charge >= 0.3 is 6.09 Å². The Morgan fingerprint density at radius 1 is 1.03 bits per heavy atom. The minimum Gasteiger partial charge on any atom is -0.447 e. The first kappa shape index (κ1) is 26.0. The average Bonchev–Trinajstić information content (AvgIpc) is 3.42. The molecule has 0 N–H and O–H groups in total. The van der Waals surface area contributed by atoms with Crippen LogP contribution in [0.5, 0.6) is 0 Å². The summed E-state index contributed by atoms with van der Waals surface area (Å²) in [5, 5.41) is 0. The largest absolute Gasteiger partial charge is 0.447 e. The molecule has 2 aromatic rings. The molecule has 3 fully saturated rings. The molecule has 5 rings (SSSR count). The van der Waals surface area contributed by atoms with Crippen molar-refractivity contribution in [3.8, 4) is 0 Å². The van der Waals surface area contributed by atoms with Crippen LogP contribution in [-0.4, -0.2) is 81.9 Å². The highest BCUT2D eigenvalue weighted by Crippen LogP contribution is 2.33. The predicted octanol–water partition coefficient (Wildman–Crippen LogP) is 2.58. The molecule has 0 saturated carbocycles. The van der Waals surface area contributed by atoms with Crippen LogP contribution < -0.4 is 14.1 Å². The van der Waals surface area contributed by atoms with Crippen LogP contribution in [0.3, 0.4) is 0 Å². The number of halogens is 1. The Morgan fingerprint density at radius 3 is 2.39 bits per heavy atom. The molecule has 0 spiro atoms. The second kappa shape index (κ2) is 10.1. The zero-order valence-electron chi connectivity index (χ0n) is 20.3. The third kappa shape index (κ3) is 4.81. The molecule has 0 radical (unpaired) electrons. The summed E-state index contributed by atoms with van der Waals surface area (Å²) in [7, 11) is -3.39. The first-order valence-corrected chi connectivity index (χ1v) is 13.4. The number of benzene rings is 1. The van der Waals surface area contributed by atoms with Crippen LogP contribution in [0.15, 0.2) is 30.5 Å². The van der Waals surface area contributed by atoms with Crippen molar-refractivity contribution in [1.82, 2.24) is 9.88 Å². The maximum atomic E-state index is 13.6. The van der Waals surface area contributed by atoms with Crippen LogP contribution in [0.4, 0.5) is 22.0 Å². The molecule has 4 heterocycles. The van der Waals surface area contributed by atoms with Gasteiger partial charge in [-0.15, -0.1) is 12.4 Å². The highest BCUT2D eigenvalue weighted by Gasteiger charge is 2.34. The fourth-order valence-electron chi connectivity index (χ4n) is 4.95. The number of aromatic nitrogens is 1. The smallest absolute Gasteiger partial charge is 0.414 e. The van der Waals surface area contributed by atoms with E-state index >= 15 is 0 Å². The number of carbonyl (C=O) groups is 2. The maximum absolute atomic E-state index is 13.6. The molecule has 12 heteroatoms. The van der Waals surface area contributed by atoms with Gasteiger partial charge in [-0.3, -0.25) is 14.0 Å². The molecule has 1 aromatic heterocycles. The predicted molar refractivity (Wildman–Crippen MR) is 140 cm³/mol. The van der Waals surface area contributed by atoms with Crippen molar-refractivity contribution in [2.45, 2.75) is 20.3 Å². The zero-order valence-corrected chi connectivity index (χ0v) is 22.0. The molecule has 36 heavy (non-hydrogen) atoms. The van der Waals surface area contributed by atoms with Crippen molar-refractivity contribution in [2.24, 2.45) is 0 Å². The van der Waals surface area contributed by atoms with E-state index in [0.717, 1.165) is 16.9 Å². The summed E-state index contributed by atoms with van der Waals surface area (Å²) in [6.07, 6.45) is 1.86. The molecular formula is C24H30ClN5O5S. The maximum Gasteiger partial charge on any atom is 0.414 e. The number of nitrogens with zero attached hydrogens (tertiary/aromatic N) is 5. The number of pyridine rings is 1. The van der Waals surface area contributed by atoms with Crippen LogP contribution in [0.25, 0.3) is 0 Å². The summed E-state index contributed by atoms with van der Waals surface area (Å²) in [5.74, 6) is 0.831. The van der Waals surface area contributed by atoms with Gasteiger partial charge in [0.15, 0.2) is 0 Å². The zero-order chi connectivity index (χ0) is 24.7. The second-order valence-electron chi connectivity index (χ2n) is 9.14. The Bertz CT molecular complexity index is 1280. The number of ether oxygens (including phenoxy) is 1. The molecule has 1 aromatic carbocycles. The second-order valence-corrected chi connectivity index (χ2v) is 11.2. The number of hydrogen-bond donors (Lipinski definition) is 0. The van der Waals surface area contributed by atoms with Gasteiger partial charge in [0.2, 0.25) is 10.0 Å². The molecule has 3 aliphatic rings. The van der Waals surface area contributed by atoms with Gasteiger partial charge in [-0.1, -0.05) is 6.07 Å². The molecule has 0 atom stereocenters. The van der Waals surface area contributed by atoms with Crippen molar-refractivity contribution < 1.29 is 22.7 Å². The van der Waals surface area contributed by atoms with Crippen LogP contribution in [-0.2, 0) is 14.8 Å². The highest BCUT2D eigenvalue weighted by molar-refractivity contribution is 7.93. The van der Waals surface area contributed by atoms with Crippen molar-refractivity contribution in [3.05, 3.63) is 47.2 Å². The van der Waals surface area contributed by atoms with Gasteiger partial charge in [0, 0.05) is 38.9 Å². The van der Waals surface area contributed by atoms with Gasteiger partial charge < -0.3 is 14.5 Å². The number of amides is 2. The molecule has 0 bridgehead atoms. The normalized spacial score (nSPS) is 19.3. The fraction of sp³-hybridized carbons (Fsp3) is 0.458. The SMILES string of the molecule is Cc1cnc(N2CCN(C(=O)c3ccc(N4CCCS4(=O)=O)cc3N3CCOC3=O)CC2)c(C)c1.Cl. The first-order chi connectivity index (χ1) is 16.7. The summed E-state index contributed by atoms with van der Waals surface area (Å²) in [5.41, 5.74) is 3.42.